The Morgan fingerprint density at radius 1 is 1.17 bits per heavy atom. The average Bonchev–Trinajstić information content (AvgIpc) is 2.32. The van der Waals surface area contributed by atoms with Crippen LogP contribution in [0.3, 0.4) is 0 Å². The predicted molar refractivity (Wildman–Crippen MR) is 80.1 cm³/mol. The lowest BCUT2D eigenvalue weighted by molar-refractivity contribution is 0.990. The molecule has 0 heterocycles. The Kier molecular flexibility index (Phi) is 4.74. The summed E-state index contributed by atoms with van der Waals surface area (Å²) in [7, 11) is 0. The second-order valence-corrected chi connectivity index (χ2v) is 5.42. The summed E-state index contributed by atoms with van der Waals surface area (Å²) in [5.74, 6) is 0. The minimum absolute atomic E-state index is 0.302. The van der Waals surface area contributed by atoms with Gasteiger partial charge in [-0.05, 0) is 37.1 Å². The van der Waals surface area contributed by atoms with E-state index in [1.165, 1.54) is 0 Å². The molecule has 0 spiro atoms. The number of allylic oxidation sites excluding steroid dienone is 3. The van der Waals surface area contributed by atoms with Gasteiger partial charge in [0.15, 0.2) is 0 Å². The van der Waals surface area contributed by atoms with Crippen LogP contribution in [0.2, 0.25) is 10.0 Å². The number of hydrogen-bond acceptors (Lipinski definition) is 1. The molecule has 1 aliphatic rings. The summed E-state index contributed by atoms with van der Waals surface area (Å²) in [5.41, 5.74) is 1.32. The zero-order chi connectivity index (χ0) is 13.1. The lowest BCUT2D eigenvalue weighted by atomic mass is 10.1. The van der Waals surface area contributed by atoms with E-state index in [1.807, 2.05) is 12.2 Å². The summed E-state index contributed by atoms with van der Waals surface area (Å²) < 4.78 is 0. The molecule has 0 atom stereocenters. The Labute approximate surface area is 126 Å². The first-order valence-corrected chi connectivity index (χ1v) is 6.84. The maximum Gasteiger partial charge on any atom is 0.138 e. The Morgan fingerprint density at radius 2 is 1.94 bits per heavy atom. The van der Waals surface area contributed by atoms with Gasteiger partial charge in [-0.15, -0.1) is 0 Å². The second kappa shape index (κ2) is 6.12. The zero-order valence-corrected chi connectivity index (χ0v) is 12.3. The number of halogens is 4. The summed E-state index contributed by atoms with van der Waals surface area (Å²) >= 11 is 24.1. The van der Waals surface area contributed by atoms with Gasteiger partial charge in [0.1, 0.15) is 5.17 Å². The van der Waals surface area contributed by atoms with Crippen molar-refractivity contribution in [2.45, 2.75) is 12.8 Å². The zero-order valence-electron chi connectivity index (χ0n) is 9.26. The smallest absolute Gasteiger partial charge is 0.138 e. The fourth-order valence-corrected chi connectivity index (χ4v) is 2.56. The first-order chi connectivity index (χ1) is 8.58. The van der Waals surface area contributed by atoms with Crippen molar-refractivity contribution in [3.63, 3.8) is 0 Å². The van der Waals surface area contributed by atoms with Crippen LogP contribution in [0.5, 0.6) is 0 Å². The molecule has 0 bridgehead atoms. The van der Waals surface area contributed by atoms with Crippen molar-refractivity contribution in [2.75, 3.05) is 0 Å². The van der Waals surface area contributed by atoms with Crippen LogP contribution in [0.4, 0.5) is 0 Å². The Hall–Kier alpha value is -0.470. The van der Waals surface area contributed by atoms with E-state index in [-0.39, 0.29) is 0 Å². The standard InChI is InChI=1S/C13H9Cl4N/c14-8-5-6-9(11(16)7-8)13(17)18-12-4-2-1-3-10(12)15/h2,4-7H,1,3H2. The summed E-state index contributed by atoms with van der Waals surface area (Å²) in [6.45, 7) is 0. The number of nitrogens with zero attached hydrogens (tertiary/aromatic N) is 1. The van der Waals surface area contributed by atoms with E-state index >= 15 is 0 Å². The first kappa shape index (κ1) is 14.0. The summed E-state index contributed by atoms with van der Waals surface area (Å²) in [5, 5.41) is 2.04. The van der Waals surface area contributed by atoms with Gasteiger partial charge in [-0.2, -0.15) is 0 Å². The third kappa shape index (κ3) is 3.30. The molecule has 0 saturated heterocycles. The summed E-state index contributed by atoms with van der Waals surface area (Å²) in [6.07, 6.45) is 5.59. The maximum absolute atomic E-state index is 6.16. The largest absolute Gasteiger partial charge is 0.235 e. The Balaban J connectivity index is 2.36. The van der Waals surface area contributed by atoms with Crippen molar-refractivity contribution >= 4 is 51.6 Å². The van der Waals surface area contributed by atoms with Crippen molar-refractivity contribution < 1.29 is 0 Å². The lowest BCUT2D eigenvalue weighted by Gasteiger charge is -2.08. The molecule has 2 rings (SSSR count). The van der Waals surface area contributed by atoms with Crippen molar-refractivity contribution in [2.24, 2.45) is 4.99 Å². The topological polar surface area (TPSA) is 12.4 Å². The van der Waals surface area contributed by atoms with Crippen LogP contribution in [0.15, 0.2) is 46.1 Å². The molecule has 1 nitrogen and oxygen atoms in total. The van der Waals surface area contributed by atoms with Crippen molar-refractivity contribution in [1.82, 2.24) is 0 Å². The van der Waals surface area contributed by atoms with Crippen LogP contribution in [0, 0.1) is 0 Å². The SMILES string of the molecule is ClC(=NC1=C(Cl)CCC=C1)c1ccc(Cl)cc1Cl. The molecule has 0 amide bonds. The quantitative estimate of drug-likeness (QED) is 0.612. The number of aliphatic imine (C=N–C) groups is 1. The Morgan fingerprint density at radius 3 is 2.61 bits per heavy atom. The molecular weight excluding hydrogens is 312 g/mol. The van der Waals surface area contributed by atoms with Crippen molar-refractivity contribution in [3.8, 4) is 0 Å². The maximum atomic E-state index is 6.16. The number of benzene rings is 1. The third-order valence-corrected chi connectivity index (χ3v) is 3.67. The van der Waals surface area contributed by atoms with Crippen LogP contribution < -0.4 is 0 Å². The molecule has 1 aliphatic carbocycles. The number of hydrogen-bond donors (Lipinski definition) is 0. The minimum atomic E-state index is 0.302. The van der Waals surface area contributed by atoms with Gasteiger partial charge in [-0.25, -0.2) is 4.99 Å². The van der Waals surface area contributed by atoms with E-state index in [2.05, 4.69) is 4.99 Å². The van der Waals surface area contributed by atoms with E-state index < -0.39 is 0 Å². The Bertz CT molecular complexity index is 558. The highest BCUT2D eigenvalue weighted by Crippen LogP contribution is 2.27. The molecule has 0 saturated carbocycles. The monoisotopic (exact) mass is 319 g/mol. The molecule has 1 aromatic rings. The third-order valence-electron chi connectivity index (χ3n) is 2.46. The van der Waals surface area contributed by atoms with Gasteiger partial charge in [0.05, 0.1) is 10.7 Å². The van der Waals surface area contributed by atoms with Crippen molar-refractivity contribution in [3.05, 3.63) is 56.7 Å². The van der Waals surface area contributed by atoms with Crippen LogP contribution in [-0.4, -0.2) is 5.17 Å². The van der Waals surface area contributed by atoms with Crippen LogP contribution in [0.1, 0.15) is 18.4 Å². The molecule has 0 radical (unpaired) electrons. The van der Waals surface area contributed by atoms with Gasteiger partial charge >= 0.3 is 0 Å². The highest BCUT2D eigenvalue weighted by atomic mass is 35.5. The van der Waals surface area contributed by atoms with Crippen LogP contribution in [-0.2, 0) is 0 Å². The predicted octanol–water partition coefficient (Wildman–Crippen LogP) is 5.78. The molecule has 94 valence electrons. The highest BCUT2D eigenvalue weighted by molar-refractivity contribution is 6.70. The molecular formula is C13H9Cl4N. The van der Waals surface area contributed by atoms with E-state index in [0.717, 1.165) is 12.8 Å². The molecule has 0 unspecified atom stereocenters. The molecule has 18 heavy (non-hydrogen) atoms. The second-order valence-electron chi connectivity index (χ2n) is 3.76. The van der Waals surface area contributed by atoms with Gasteiger partial charge in [0.2, 0.25) is 0 Å². The average molecular weight is 321 g/mol. The summed E-state index contributed by atoms with van der Waals surface area (Å²) in [6, 6.07) is 5.08. The molecule has 0 aliphatic heterocycles. The van der Waals surface area contributed by atoms with Gasteiger partial charge in [-0.3, -0.25) is 0 Å². The van der Waals surface area contributed by atoms with E-state index in [9.17, 15) is 0 Å². The van der Waals surface area contributed by atoms with Gasteiger partial charge in [0.25, 0.3) is 0 Å². The van der Waals surface area contributed by atoms with Gasteiger partial charge in [-0.1, -0.05) is 52.5 Å². The molecule has 5 heteroatoms. The minimum Gasteiger partial charge on any atom is -0.235 e. The lowest BCUT2D eigenvalue weighted by Crippen LogP contribution is -1.95. The molecule has 0 fully saturated rings. The number of rotatable bonds is 2. The van der Waals surface area contributed by atoms with Gasteiger partial charge < -0.3 is 0 Å². The van der Waals surface area contributed by atoms with E-state index in [4.69, 9.17) is 46.4 Å². The normalized spacial score (nSPS) is 16.3. The van der Waals surface area contributed by atoms with Crippen molar-refractivity contribution in [1.29, 1.82) is 0 Å². The van der Waals surface area contributed by atoms with E-state index in [1.54, 1.807) is 18.2 Å². The van der Waals surface area contributed by atoms with Crippen LogP contribution >= 0.6 is 46.4 Å². The fourth-order valence-electron chi connectivity index (χ4n) is 1.54. The fraction of sp³-hybridized carbons (Fsp3) is 0.154. The summed E-state index contributed by atoms with van der Waals surface area (Å²) in [4.78, 5) is 4.29. The van der Waals surface area contributed by atoms with Gasteiger partial charge in [0, 0.05) is 15.6 Å². The highest BCUT2D eigenvalue weighted by Gasteiger charge is 2.10. The molecule has 0 N–H and O–H groups in total. The molecule has 1 aromatic carbocycles. The first-order valence-electron chi connectivity index (χ1n) is 5.32. The molecule has 0 aromatic heterocycles. The van der Waals surface area contributed by atoms with E-state index in [0.29, 0.717) is 31.5 Å². The van der Waals surface area contributed by atoms with Crippen LogP contribution in [0.25, 0.3) is 0 Å².